The normalized spacial score (nSPS) is 26.3. The molecule has 122 valence electrons. The van der Waals surface area contributed by atoms with Crippen molar-refractivity contribution in [3.8, 4) is 0 Å². The number of allylic oxidation sites excluding steroid dienone is 1. The van der Waals surface area contributed by atoms with Gasteiger partial charge in [-0.2, -0.15) is 5.10 Å². The van der Waals surface area contributed by atoms with Gasteiger partial charge in [0.25, 0.3) is 0 Å². The van der Waals surface area contributed by atoms with Gasteiger partial charge >= 0.3 is 0 Å². The fourth-order valence-corrected chi connectivity index (χ4v) is 4.47. The zero-order valence-corrected chi connectivity index (χ0v) is 14.5. The number of para-hydroxylation sites is 1. The van der Waals surface area contributed by atoms with Crippen LogP contribution in [-0.4, -0.2) is 22.9 Å². The minimum absolute atomic E-state index is 0.227. The first-order valence-electron chi connectivity index (χ1n) is 8.50. The topological polar surface area (TPSA) is 41.9 Å². The van der Waals surface area contributed by atoms with Crippen molar-refractivity contribution in [1.29, 1.82) is 0 Å². The van der Waals surface area contributed by atoms with Crippen LogP contribution in [0.1, 0.15) is 25.1 Å². The number of aromatic nitrogens is 2. The Morgan fingerprint density at radius 1 is 1.35 bits per heavy atom. The summed E-state index contributed by atoms with van der Waals surface area (Å²) < 4.78 is 2.00. The lowest BCUT2D eigenvalue weighted by atomic mass is 9.95. The lowest BCUT2D eigenvalue weighted by Crippen LogP contribution is -2.37. The van der Waals surface area contributed by atoms with E-state index in [2.05, 4.69) is 56.2 Å². The van der Waals surface area contributed by atoms with E-state index in [0.29, 0.717) is 5.92 Å². The highest BCUT2D eigenvalue weighted by Crippen LogP contribution is 2.52. The zero-order valence-electron chi connectivity index (χ0n) is 14.5. The highest BCUT2D eigenvalue weighted by molar-refractivity contribution is 5.85. The molecule has 23 heavy (non-hydrogen) atoms. The smallest absolute Gasteiger partial charge is 0.0951 e. The number of nitrogens with zero attached hydrogens (tertiary/aromatic N) is 2. The Labute approximate surface area is 137 Å². The number of fused-ring (bicyclic) bond motifs is 2. The Kier molecular flexibility index (Phi) is 3.11. The fraction of sp³-hybridized carbons (Fsp3) is 0.526. The summed E-state index contributed by atoms with van der Waals surface area (Å²) in [5, 5.41) is 13.2. The summed E-state index contributed by atoms with van der Waals surface area (Å²) in [7, 11) is 2.03. The van der Waals surface area contributed by atoms with Crippen molar-refractivity contribution in [3.05, 3.63) is 41.7 Å². The number of hydrogen-bond donors (Lipinski definition) is 2. The summed E-state index contributed by atoms with van der Waals surface area (Å²) in [4.78, 5) is 0. The molecule has 1 aliphatic carbocycles. The Bertz CT molecular complexity index is 776. The molecule has 0 amide bonds. The van der Waals surface area contributed by atoms with E-state index >= 15 is 0 Å². The van der Waals surface area contributed by atoms with E-state index in [1.165, 1.54) is 22.2 Å². The summed E-state index contributed by atoms with van der Waals surface area (Å²) in [5.41, 5.74) is 4.53. The Balaban J connectivity index is 1.64. The molecule has 4 heteroatoms. The van der Waals surface area contributed by atoms with Crippen molar-refractivity contribution in [2.24, 2.45) is 24.8 Å². The molecule has 1 saturated carbocycles. The maximum absolute atomic E-state index is 4.83. The molecule has 2 heterocycles. The molecule has 0 spiro atoms. The quantitative estimate of drug-likeness (QED) is 0.912. The van der Waals surface area contributed by atoms with Crippen LogP contribution in [-0.2, 0) is 12.6 Å². The van der Waals surface area contributed by atoms with Gasteiger partial charge in [-0.3, -0.25) is 4.68 Å². The third kappa shape index (κ3) is 2.19. The van der Waals surface area contributed by atoms with Crippen molar-refractivity contribution in [3.63, 3.8) is 0 Å². The minimum Gasteiger partial charge on any atom is -0.378 e. The summed E-state index contributed by atoms with van der Waals surface area (Å²) in [6, 6.07) is 6.43. The van der Waals surface area contributed by atoms with Gasteiger partial charge in [0.05, 0.1) is 16.7 Å². The number of aryl methyl sites for hydroxylation is 2. The predicted molar refractivity (Wildman–Crippen MR) is 94.1 cm³/mol. The first-order valence-corrected chi connectivity index (χ1v) is 8.50. The van der Waals surface area contributed by atoms with Gasteiger partial charge in [0, 0.05) is 24.0 Å². The number of piperidine rings is 1. The molecule has 1 aromatic heterocycles. The lowest BCUT2D eigenvalue weighted by Gasteiger charge is -2.28. The standard InChI is InChI=1S/C19H26N4/c1-11-7-6-8-13-17(11)23(5)22-18(13)19(3,4)21-12(2)16-14-9-20-10-15(14)16/h6-8,14-16,20-21H,2,9-10H2,1,3-5H3. The summed E-state index contributed by atoms with van der Waals surface area (Å²) in [6.07, 6.45) is 0. The van der Waals surface area contributed by atoms with Crippen LogP contribution >= 0.6 is 0 Å². The van der Waals surface area contributed by atoms with E-state index in [9.17, 15) is 0 Å². The number of benzene rings is 1. The van der Waals surface area contributed by atoms with Crippen molar-refractivity contribution in [1.82, 2.24) is 20.4 Å². The van der Waals surface area contributed by atoms with Gasteiger partial charge in [0.15, 0.2) is 0 Å². The highest BCUT2D eigenvalue weighted by atomic mass is 15.3. The average molecular weight is 310 g/mol. The first-order chi connectivity index (χ1) is 10.9. The van der Waals surface area contributed by atoms with Crippen LogP contribution in [0.25, 0.3) is 10.9 Å². The molecule has 2 N–H and O–H groups in total. The van der Waals surface area contributed by atoms with Crippen LogP contribution in [0, 0.1) is 24.7 Å². The first kappa shape index (κ1) is 14.8. The van der Waals surface area contributed by atoms with Gasteiger partial charge < -0.3 is 10.6 Å². The third-order valence-electron chi connectivity index (χ3n) is 5.63. The summed E-state index contributed by atoms with van der Waals surface area (Å²) >= 11 is 0. The van der Waals surface area contributed by atoms with E-state index in [1.54, 1.807) is 0 Å². The van der Waals surface area contributed by atoms with Crippen molar-refractivity contribution in [2.45, 2.75) is 26.3 Å². The average Bonchev–Trinajstić information content (AvgIpc) is 2.81. The molecule has 0 radical (unpaired) electrons. The van der Waals surface area contributed by atoms with E-state index in [4.69, 9.17) is 5.10 Å². The molecule has 1 aromatic carbocycles. The van der Waals surface area contributed by atoms with Crippen LogP contribution in [0.4, 0.5) is 0 Å². The van der Waals surface area contributed by atoms with Gasteiger partial charge in [0.2, 0.25) is 0 Å². The molecule has 1 aliphatic heterocycles. The van der Waals surface area contributed by atoms with Gasteiger partial charge in [-0.25, -0.2) is 0 Å². The van der Waals surface area contributed by atoms with Crippen molar-refractivity contribution in [2.75, 3.05) is 13.1 Å². The Morgan fingerprint density at radius 3 is 2.74 bits per heavy atom. The molecular weight excluding hydrogens is 284 g/mol. The van der Waals surface area contributed by atoms with E-state index in [0.717, 1.165) is 30.6 Å². The van der Waals surface area contributed by atoms with Gasteiger partial charge in [-0.1, -0.05) is 24.8 Å². The monoisotopic (exact) mass is 310 g/mol. The largest absolute Gasteiger partial charge is 0.378 e. The molecule has 2 atom stereocenters. The van der Waals surface area contributed by atoms with Gasteiger partial charge in [-0.15, -0.1) is 0 Å². The van der Waals surface area contributed by atoms with Gasteiger partial charge in [-0.05, 0) is 51.3 Å². The fourth-order valence-electron chi connectivity index (χ4n) is 4.47. The number of rotatable bonds is 4. The van der Waals surface area contributed by atoms with Crippen LogP contribution in [0.15, 0.2) is 30.5 Å². The van der Waals surface area contributed by atoms with Crippen LogP contribution in [0.2, 0.25) is 0 Å². The van der Waals surface area contributed by atoms with E-state index in [-0.39, 0.29) is 5.54 Å². The second-order valence-electron chi connectivity index (χ2n) is 7.73. The predicted octanol–water partition coefficient (Wildman–Crippen LogP) is 2.69. The minimum atomic E-state index is -0.227. The second-order valence-corrected chi connectivity index (χ2v) is 7.73. The maximum atomic E-state index is 4.83. The molecular formula is C19H26N4. The van der Waals surface area contributed by atoms with Crippen LogP contribution < -0.4 is 10.6 Å². The second kappa shape index (κ2) is 4.84. The van der Waals surface area contributed by atoms with E-state index in [1.807, 2.05) is 11.7 Å². The highest BCUT2D eigenvalue weighted by Gasteiger charge is 2.54. The van der Waals surface area contributed by atoms with Crippen LogP contribution in [0.5, 0.6) is 0 Å². The Morgan fingerprint density at radius 2 is 2.04 bits per heavy atom. The van der Waals surface area contributed by atoms with Crippen LogP contribution in [0.3, 0.4) is 0 Å². The lowest BCUT2D eigenvalue weighted by molar-refractivity contribution is 0.414. The number of hydrogen-bond acceptors (Lipinski definition) is 3. The molecule has 2 aliphatic rings. The SMILES string of the molecule is C=C(NC(C)(C)c1nn(C)c2c(C)cccc12)C1C2CNCC21. The molecule has 4 nitrogen and oxygen atoms in total. The molecule has 4 rings (SSSR count). The van der Waals surface area contributed by atoms with Gasteiger partial charge in [0.1, 0.15) is 0 Å². The zero-order chi connectivity index (χ0) is 16.4. The molecule has 1 saturated heterocycles. The van der Waals surface area contributed by atoms with E-state index < -0.39 is 0 Å². The Hall–Kier alpha value is -1.81. The summed E-state index contributed by atoms with van der Waals surface area (Å²) in [6.45, 7) is 13.2. The molecule has 2 unspecified atom stereocenters. The maximum Gasteiger partial charge on any atom is 0.0951 e. The molecule has 2 fully saturated rings. The van der Waals surface area contributed by atoms with Crippen molar-refractivity contribution >= 4 is 10.9 Å². The molecule has 0 bridgehead atoms. The summed E-state index contributed by atoms with van der Waals surface area (Å²) in [5.74, 6) is 2.20. The number of nitrogens with one attached hydrogen (secondary N) is 2. The third-order valence-corrected chi connectivity index (χ3v) is 5.63. The molecule has 2 aromatic rings. The van der Waals surface area contributed by atoms with Crippen molar-refractivity contribution < 1.29 is 0 Å².